The summed E-state index contributed by atoms with van der Waals surface area (Å²) in [5, 5.41) is 6.06. The second-order valence-electron chi connectivity index (χ2n) is 5.26. The first-order chi connectivity index (χ1) is 8.68. The number of carbonyl (C=O) groups is 2. The first-order valence-corrected chi connectivity index (χ1v) is 7.01. The summed E-state index contributed by atoms with van der Waals surface area (Å²) >= 11 is 0. The van der Waals surface area contributed by atoms with Crippen LogP contribution < -0.4 is 10.6 Å². The third kappa shape index (κ3) is 3.22. The van der Waals surface area contributed by atoms with E-state index < -0.39 is 0 Å². The zero-order valence-corrected chi connectivity index (χ0v) is 11.1. The van der Waals surface area contributed by atoms with Gasteiger partial charge in [0.15, 0.2) is 0 Å². The molecule has 0 radical (unpaired) electrons. The van der Waals surface area contributed by atoms with E-state index in [9.17, 15) is 9.59 Å². The summed E-state index contributed by atoms with van der Waals surface area (Å²) in [6.45, 7) is 4.34. The number of nitrogens with one attached hydrogen (secondary N) is 2. The molecule has 18 heavy (non-hydrogen) atoms. The van der Waals surface area contributed by atoms with Crippen LogP contribution in [0.25, 0.3) is 0 Å². The van der Waals surface area contributed by atoms with Crippen LogP contribution in [0.4, 0.5) is 0 Å². The van der Waals surface area contributed by atoms with Crippen molar-refractivity contribution in [2.24, 2.45) is 0 Å². The number of carbonyl (C=O) groups excluding carboxylic acids is 2. The Balaban J connectivity index is 1.86. The minimum Gasteiger partial charge on any atom is -0.355 e. The number of hydrogen-bond donors (Lipinski definition) is 2. The molecule has 5 nitrogen and oxygen atoms in total. The highest BCUT2D eigenvalue weighted by Gasteiger charge is 2.28. The summed E-state index contributed by atoms with van der Waals surface area (Å²) in [6.07, 6.45) is 5.08. The lowest BCUT2D eigenvalue weighted by molar-refractivity contribution is -0.132. The summed E-state index contributed by atoms with van der Waals surface area (Å²) in [5.41, 5.74) is 0. The van der Waals surface area contributed by atoms with Crippen LogP contribution in [0.3, 0.4) is 0 Å². The molecular formula is C13H23N3O2. The smallest absolute Gasteiger partial charge is 0.239 e. The maximum atomic E-state index is 12.1. The van der Waals surface area contributed by atoms with Crippen molar-refractivity contribution < 1.29 is 9.59 Å². The maximum Gasteiger partial charge on any atom is 0.239 e. The molecule has 2 atom stereocenters. The third-order valence-corrected chi connectivity index (χ3v) is 3.77. The monoisotopic (exact) mass is 253 g/mol. The molecule has 0 aromatic rings. The highest BCUT2D eigenvalue weighted by atomic mass is 16.2. The van der Waals surface area contributed by atoms with Crippen molar-refractivity contribution in [3.63, 3.8) is 0 Å². The van der Waals surface area contributed by atoms with Gasteiger partial charge in [-0.2, -0.15) is 0 Å². The fourth-order valence-electron chi connectivity index (χ4n) is 2.68. The molecule has 2 aliphatic heterocycles. The van der Waals surface area contributed by atoms with Gasteiger partial charge in [0.1, 0.15) is 0 Å². The number of hydrogen-bond acceptors (Lipinski definition) is 3. The Morgan fingerprint density at radius 3 is 2.78 bits per heavy atom. The first kappa shape index (κ1) is 13.3. The summed E-state index contributed by atoms with van der Waals surface area (Å²) in [6, 6.07) is -0.481. The Kier molecular flexibility index (Phi) is 4.58. The minimum atomic E-state index is -0.267. The molecule has 0 aromatic carbocycles. The molecule has 2 unspecified atom stereocenters. The van der Waals surface area contributed by atoms with Gasteiger partial charge in [0, 0.05) is 19.6 Å². The van der Waals surface area contributed by atoms with Crippen LogP contribution >= 0.6 is 0 Å². The molecule has 0 saturated carbocycles. The Morgan fingerprint density at radius 2 is 2.06 bits per heavy atom. The number of nitrogens with zero attached hydrogens (tertiary/aromatic N) is 1. The van der Waals surface area contributed by atoms with Gasteiger partial charge in [-0.25, -0.2) is 0 Å². The maximum absolute atomic E-state index is 12.1. The zero-order valence-electron chi connectivity index (χ0n) is 11.1. The summed E-state index contributed by atoms with van der Waals surface area (Å²) in [5.74, 6) is 0.165. The Bertz CT molecular complexity index is 313. The number of rotatable bonds is 3. The molecule has 2 saturated heterocycles. The highest BCUT2D eigenvalue weighted by molar-refractivity contribution is 5.85. The van der Waals surface area contributed by atoms with Gasteiger partial charge in [-0.05, 0) is 39.0 Å². The van der Waals surface area contributed by atoms with Crippen molar-refractivity contribution in [1.29, 1.82) is 0 Å². The minimum absolute atomic E-state index is 0.0357. The van der Waals surface area contributed by atoms with Gasteiger partial charge in [0.05, 0.1) is 12.1 Å². The van der Waals surface area contributed by atoms with E-state index in [4.69, 9.17) is 0 Å². The molecule has 0 spiro atoms. The Hall–Kier alpha value is -1.10. The van der Waals surface area contributed by atoms with Crippen LogP contribution in [-0.2, 0) is 9.59 Å². The van der Waals surface area contributed by atoms with Crippen LogP contribution in [0.2, 0.25) is 0 Å². The molecule has 0 aromatic heterocycles. The molecule has 2 rings (SSSR count). The van der Waals surface area contributed by atoms with E-state index in [1.54, 1.807) is 0 Å². The van der Waals surface area contributed by atoms with Gasteiger partial charge in [0.2, 0.25) is 11.8 Å². The standard InChI is InChI=1S/C13H23N3O2/c1-10(13(18)16-8-4-5-9-16)15-11-6-2-3-7-14-12(11)17/h10-11,15H,2-9H2,1H3,(H,14,17). The number of likely N-dealkylation sites (tertiary alicyclic amines) is 1. The Labute approximate surface area is 108 Å². The molecule has 0 bridgehead atoms. The summed E-state index contributed by atoms with van der Waals surface area (Å²) < 4.78 is 0. The van der Waals surface area contributed by atoms with E-state index in [0.717, 1.165) is 51.7 Å². The van der Waals surface area contributed by atoms with Gasteiger partial charge in [-0.3, -0.25) is 14.9 Å². The average Bonchev–Trinajstić information content (AvgIpc) is 2.82. The van der Waals surface area contributed by atoms with Crippen molar-refractivity contribution in [3.05, 3.63) is 0 Å². The molecule has 2 amide bonds. The molecule has 2 aliphatic rings. The lowest BCUT2D eigenvalue weighted by Crippen LogP contribution is -2.52. The van der Waals surface area contributed by atoms with Gasteiger partial charge >= 0.3 is 0 Å². The van der Waals surface area contributed by atoms with E-state index in [1.165, 1.54) is 0 Å². The quantitative estimate of drug-likeness (QED) is 0.758. The SMILES string of the molecule is CC(NC1CCCCNC1=O)C(=O)N1CCCC1. The molecule has 2 fully saturated rings. The van der Waals surface area contributed by atoms with Gasteiger partial charge in [-0.15, -0.1) is 0 Å². The van der Waals surface area contributed by atoms with E-state index in [1.807, 2.05) is 11.8 Å². The Morgan fingerprint density at radius 1 is 1.33 bits per heavy atom. The van der Waals surface area contributed by atoms with Crippen LogP contribution in [0, 0.1) is 0 Å². The second-order valence-corrected chi connectivity index (χ2v) is 5.26. The zero-order chi connectivity index (χ0) is 13.0. The average molecular weight is 253 g/mol. The summed E-state index contributed by atoms with van der Waals surface area (Å²) in [7, 11) is 0. The second kappa shape index (κ2) is 6.18. The van der Waals surface area contributed by atoms with Crippen molar-refractivity contribution in [1.82, 2.24) is 15.5 Å². The molecular weight excluding hydrogens is 230 g/mol. The van der Waals surface area contributed by atoms with Crippen molar-refractivity contribution in [3.8, 4) is 0 Å². The number of amides is 2. The molecule has 2 N–H and O–H groups in total. The molecule has 102 valence electrons. The predicted octanol–water partition coefficient (Wildman–Crippen LogP) is 0.256. The lowest BCUT2D eigenvalue weighted by Gasteiger charge is -2.24. The van der Waals surface area contributed by atoms with Gasteiger partial charge < -0.3 is 10.2 Å². The van der Waals surface area contributed by atoms with Gasteiger partial charge in [-0.1, -0.05) is 0 Å². The molecule has 0 aliphatic carbocycles. The topological polar surface area (TPSA) is 61.4 Å². The third-order valence-electron chi connectivity index (χ3n) is 3.77. The van der Waals surface area contributed by atoms with E-state index in [0.29, 0.717) is 0 Å². The van der Waals surface area contributed by atoms with E-state index in [-0.39, 0.29) is 23.9 Å². The van der Waals surface area contributed by atoms with Crippen LogP contribution in [0.5, 0.6) is 0 Å². The normalized spacial score (nSPS) is 26.6. The van der Waals surface area contributed by atoms with E-state index in [2.05, 4.69) is 10.6 Å². The fourth-order valence-corrected chi connectivity index (χ4v) is 2.68. The molecule has 5 heteroatoms. The van der Waals surface area contributed by atoms with E-state index >= 15 is 0 Å². The largest absolute Gasteiger partial charge is 0.355 e. The predicted molar refractivity (Wildman–Crippen MR) is 69.1 cm³/mol. The van der Waals surface area contributed by atoms with Crippen LogP contribution in [0.1, 0.15) is 39.0 Å². The van der Waals surface area contributed by atoms with Crippen molar-refractivity contribution in [2.45, 2.75) is 51.1 Å². The van der Waals surface area contributed by atoms with Crippen molar-refractivity contribution in [2.75, 3.05) is 19.6 Å². The van der Waals surface area contributed by atoms with Gasteiger partial charge in [0.25, 0.3) is 0 Å². The lowest BCUT2D eigenvalue weighted by atomic mass is 10.1. The van der Waals surface area contributed by atoms with Crippen LogP contribution in [0.15, 0.2) is 0 Å². The first-order valence-electron chi connectivity index (χ1n) is 7.01. The molecule has 2 heterocycles. The van der Waals surface area contributed by atoms with Crippen molar-refractivity contribution >= 4 is 11.8 Å². The highest BCUT2D eigenvalue weighted by Crippen LogP contribution is 2.11. The fraction of sp³-hybridized carbons (Fsp3) is 0.846. The van der Waals surface area contributed by atoms with Crippen LogP contribution in [-0.4, -0.2) is 48.4 Å². The summed E-state index contributed by atoms with van der Waals surface area (Å²) in [4.78, 5) is 25.8.